The van der Waals surface area contributed by atoms with E-state index in [-0.39, 0.29) is 11.8 Å². The molecular formula is C14H17FN2O. The Bertz CT molecular complexity index is 499. The Morgan fingerprint density at radius 2 is 2.33 bits per heavy atom. The number of fused-ring (bicyclic) bond motifs is 1. The molecule has 1 aromatic rings. The first-order valence-electron chi connectivity index (χ1n) is 6.10. The number of halogens is 1. The minimum absolute atomic E-state index is 0.0603. The number of rotatable bonds is 3. The molecule has 0 aromatic carbocycles. The van der Waals surface area contributed by atoms with E-state index in [4.69, 9.17) is 0 Å². The number of carbonyl (C=O) groups is 1. The topological polar surface area (TPSA) is 33.2 Å². The van der Waals surface area contributed by atoms with Crippen LogP contribution in [0.4, 0.5) is 10.1 Å². The molecule has 2 rings (SSSR count). The van der Waals surface area contributed by atoms with Gasteiger partial charge in [0.05, 0.1) is 11.4 Å². The molecule has 0 spiro atoms. The van der Waals surface area contributed by atoms with Gasteiger partial charge in [0.2, 0.25) is 11.9 Å². The molecule has 0 bridgehead atoms. The first kappa shape index (κ1) is 12.7. The normalized spacial score (nSPS) is 15.4. The first-order valence-corrected chi connectivity index (χ1v) is 6.10. The van der Waals surface area contributed by atoms with Crippen LogP contribution in [0.5, 0.6) is 0 Å². The van der Waals surface area contributed by atoms with Crippen LogP contribution in [-0.2, 0) is 11.2 Å². The quantitative estimate of drug-likeness (QED) is 0.608. The van der Waals surface area contributed by atoms with Crippen molar-refractivity contribution in [3.8, 4) is 0 Å². The molecule has 0 radical (unpaired) electrons. The number of carbonyl (C=O) groups excluding carboxylic acids is 1. The van der Waals surface area contributed by atoms with Gasteiger partial charge in [-0.25, -0.2) is 4.98 Å². The maximum atomic E-state index is 13.0. The number of anilines is 1. The van der Waals surface area contributed by atoms with Crippen LogP contribution >= 0.6 is 0 Å². The molecule has 1 atom stereocenters. The number of hydrogen-bond donors (Lipinski definition) is 0. The smallest absolute Gasteiger partial charge is 0.230 e. The summed E-state index contributed by atoms with van der Waals surface area (Å²) in [5.74, 6) is -0.526. The highest BCUT2D eigenvalue weighted by Crippen LogP contribution is 2.28. The summed E-state index contributed by atoms with van der Waals surface area (Å²) in [7, 11) is 0. The molecule has 18 heavy (non-hydrogen) atoms. The minimum Gasteiger partial charge on any atom is -0.310 e. The van der Waals surface area contributed by atoms with Crippen molar-refractivity contribution < 1.29 is 9.18 Å². The second kappa shape index (κ2) is 4.88. The summed E-state index contributed by atoms with van der Waals surface area (Å²) < 4.78 is 13.0. The van der Waals surface area contributed by atoms with E-state index in [2.05, 4.69) is 11.6 Å². The number of amides is 1. The van der Waals surface area contributed by atoms with E-state index in [1.807, 2.05) is 13.8 Å². The van der Waals surface area contributed by atoms with Gasteiger partial charge in [-0.3, -0.25) is 4.79 Å². The van der Waals surface area contributed by atoms with E-state index in [0.29, 0.717) is 25.1 Å². The molecule has 0 saturated carbocycles. The molecule has 0 fully saturated rings. The van der Waals surface area contributed by atoms with Gasteiger partial charge in [-0.15, -0.1) is 6.58 Å². The van der Waals surface area contributed by atoms with Crippen LogP contribution in [0.2, 0.25) is 0 Å². The summed E-state index contributed by atoms with van der Waals surface area (Å²) in [6.07, 6.45) is 1.30. The summed E-state index contributed by atoms with van der Waals surface area (Å²) >= 11 is 0. The molecule has 0 aliphatic carbocycles. The lowest BCUT2D eigenvalue weighted by Crippen LogP contribution is -2.33. The molecule has 1 aliphatic rings. The third-order valence-corrected chi connectivity index (χ3v) is 3.12. The van der Waals surface area contributed by atoms with Gasteiger partial charge in [-0.2, -0.15) is 4.39 Å². The zero-order valence-corrected chi connectivity index (χ0v) is 10.7. The molecular weight excluding hydrogens is 231 g/mol. The largest absolute Gasteiger partial charge is 0.310 e. The van der Waals surface area contributed by atoms with Gasteiger partial charge in [0.25, 0.3) is 0 Å². The highest BCUT2D eigenvalue weighted by molar-refractivity contribution is 5.96. The second-order valence-corrected chi connectivity index (χ2v) is 4.90. The van der Waals surface area contributed by atoms with Gasteiger partial charge in [-0.1, -0.05) is 12.5 Å². The average Bonchev–Trinajstić information content (AvgIpc) is 2.69. The molecule has 3 nitrogen and oxygen atoms in total. The van der Waals surface area contributed by atoms with E-state index >= 15 is 0 Å². The summed E-state index contributed by atoms with van der Waals surface area (Å²) in [6, 6.07) is 2.93. The number of pyridine rings is 1. The minimum atomic E-state index is -0.488. The third-order valence-electron chi connectivity index (χ3n) is 3.12. The number of hydrogen-bond acceptors (Lipinski definition) is 2. The second-order valence-electron chi connectivity index (χ2n) is 4.90. The summed E-state index contributed by atoms with van der Waals surface area (Å²) in [5, 5.41) is 0. The summed E-state index contributed by atoms with van der Waals surface area (Å²) in [6.45, 7) is 8.23. The van der Waals surface area contributed by atoms with E-state index < -0.39 is 5.95 Å². The highest BCUT2D eigenvalue weighted by atomic mass is 19.1. The Morgan fingerprint density at radius 1 is 1.61 bits per heavy atom. The lowest BCUT2D eigenvalue weighted by molar-refractivity contribution is -0.121. The van der Waals surface area contributed by atoms with Crippen LogP contribution < -0.4 is 4.90 Å². The van der Waals surface area contributed by atoms with Crippen molar-refractivity contribution >= 4 is 11.6 Å². The van der Waals surface area contributed by atoms with E-state index in [1.165, 1.54) is 6.07 Å². The predicted molar refractivity (Wildman–Crippen MR) is 68.8 cm³/mol. The van der Waals surface area contributed by atoms with Gasteiger partial charge in [0.1, 0.15) is 0 Å². The molecule has 2 heterocycles. The molecule has 0 N–H and O–H groups in total. The number of aromatic nitrogens is 1. The summed E-state index contributed by atoms with van der Waals surface area (Å²) in [5.41, 5.74) is 2.41. The van der Waals surface area contributed by atoms with E-state index in [1.54, 1.807) is 11.0 Å². The van der Waals surface area contributed by atoms with Crippen molar-refractivity contribution in [3.63, 3.8) is 0 Å². The monoisotopic (exact) mass is 248 g/mol. The molecule has 1 amide bonds. The molecule has 0 saturated heterocycles. The van der Waals surface area contributed by atoms with Crippen LogP contribution in [0.15, 0.2) is 24.3 Å². The molecule has 4 heteroatoms. The van der Waals surface area contributed by atoms with Crippen LogP contribution in [0.25, 0.3) is 0 Å². The average molecular weight is 248 g/mol. The van der Waals surface area contributed by atoms with Crippen molar-refractivity contribution in [2.45, 2.75) is 26.7 Å². The lowest BCUT2D eigenvalue weighted by atomic mass is 10.0. The maximum absolute atomic E-state index is 13.0. The third kappa shape index (κ3) is 2.42. The Balaban J connectivity index is 2.18. The van der Waals surface area contributed by atoms with E-state index in [9.17, 15) is 9.18 Å². The van der Waals surface area contributed by atoms with Gasteiger partial charge < -0.3 is 4.90 Å². The Labute approximate surface area is 106 Å². The number of allylic oxidation sites excluding steroid dienone is 1. The van der Waals surface area contributed by atoms with Gasteiger partial charge in [0.15, 0.2) is 0 Å². The lowest BCUT2D eigenvalue weighted by Gasteiger charge is -2.21. The molecule has 96 valence electrons. The van der Waals surface area contributed by atoms with Crippen molar-refractivity contribution in [1.29, 1.82) is 0 Å². The van der Waals surface area contributed by atoms with E-state index in [0.717, 1.165) is 11.3 Å². The highest BCUT2D eigenvalue weighted by Gasteiger charge is 2.28. The first-order chi connectivity index (χ1) is 8.49. The van der Waals surface area contributed by atoms with Crippen LogP contribution in [-0.4, -0.2) is 17.4 Å². The van der Waals surface area contributed by atoms with Crippen molar-refractivity contribution in [2.24, 2.45) is 5.92 Å². The molecule has 1 unspecified atom stereocenters. The van der Waals surface area contributed by atoms with Gasteiger partial charge in [-0.05, 0) is 25.5 Å². The molecule has 1 aliphatic heterocycles. The van der Waals surface area contributed by atoms with Gasteiger partial charge >= 0.3 is 0 Å². The van der Waals surface area contributed by atoms with Crippen molar-refractivity contribution in [3.05, 3.63) is 35.9 Å². The van der Waals surface area contributed by atoms with Crippen LogP contribution in [0.1, 0.15) is 26.0 Å². The van der Waals surface area contributed by atoms with Crippen LogP contribution in [0.3, 0.4) is 0 Å². The zero-order valence-electron chi connectivity index (χ0n) is 10.7. The Morgan fingerprint density at radius 3 is 3.00 bits per heavy atom. The fraction of sp³-hybridized carbons (Fsp3) is 0.429. The zero-order chi connectivity index (χ0) is 13.3. The molecule has 1 aromatic heterocycles. The van der Waals surface area contributed by atoms with Crippen molar-refractivity contribution in [1.82, 2.24) is 4.98 Å². The SMILES string of the molecule is C=C(C)CC(C)C(=O)N1CCc2nc(F)ccc21. The Kier molecular flexibility index (Phi) is 3.45. The van der Waals surface area contributed by atoms with Gasteiger partial charge in [0, 0.05) is 18.9 Å². The fourth-order valence-electron chi connectivity index (χ4n) is 2.34. The van der Waals surface area contributed by atoms with Crippen molar-refractivity contribution in [2.75, 3.05) is 11.4 Å². The summed E-state index contributed by atoms with van der Waals surface area (Å²) in [4.78, 5) is 17.8. The fourth-order valence-corrected chi connectivity index (χ4v) is 2.34. The maximum Gasteiger partial charge on any atom is 0.230 e. The Hall–Kier alpha value is -1.71. The van der Waals surface area contributed by atoms with Crippen LogP contribution in [0, 0.1) is 11.9 Å². The standard InChI is InChI=1S/C14H17FN2O/c1-9(2)8-10(3)14(18)17-7-6-11-12(17)4-5-13(15)16-11/h4-5,10H,1,6-8H2,2-3H3. The predicted octanol–water partition coefficient (Wildman–Crippen LogP) is 2.71. The number of nitrogens with zero attached hydrogens (tertiary/aromatic N) is 2.